The Morgan fingerprint density at radius 2 is 1.29 bits per heavy atom. The summed E-state index contributed by atoms with van der Waals surface area (Å²) in [4.78, 5) is 10.1. The van der Waals surface area contributed by atoms with Crippen molar-refractivity contribution in [1.82, 2.24) is 14.5 Å². The molecule has 0 atom stereocenters. The van der Waals surface area contributed by atoms with Crippen LogP contribution in [0.1, 0.15) is 112 Å². The third-order valence-corrected chi connectivity index (χ3v) is 10.9. The summed E-state index contributed by atoms with van der Waals surface area (Å²) in [7, 11) is 0. The Hall–Kier alpha value is -1.51. The molecule has 3 nitrogen and oxygen atoms in total. The van der Waals surface area contributed by atoms with Crippen LogP contribution in [0.3, 0.4) is 0 Å². The van der Waals surface area contributed by atoms with E-state index in [2.05, 4.69) is 119 Å². The maximum atomic E-state index is 5.28. The second-order valence-corrected chi connectivity index (χ2v) is 14.5. The number of pyridine rings is 1. The number of hydrogen-bond acceptors (Lipinski definition) is 2. The second kappa shape index (κ2) is 7.07. The van der Waals surface area contributed by atoms with Crippen LogP contribution in [-0.2, 0) is 47.3 Å². The first-order valence-electron chi connectivity index (χ1n) is 12.8. The van der Waals surface area contributed by atoms with Crippen LogP contribution in [0.2, 0.25) is 0 Å². The molecule has 0 N–H and O–H groups in total. The quantitative estimate of drug-likeness (QED) is 0.233. The van der Waals surface area contributed by atoms with Crippen LogP contribution in [0.15, 0.2) is 18.2 Å². The van der Waals surface area contributed by atoms with Crippen LogP contribution in [0, 0.1) is 11.6 Å². The standard InChI is InChI=1S/C31H42N3.Ir/c1-26(2,3)24-16-19-18(17-32-24)25-33-22-14-20-21(28(6,7)30(10,11)27(20,4)5)15-23(22)34(25)31(12,13)29(19,8)9;/h14-16H,1-13H3;/q-1;. The molecule has 0 spiro atoms. The van der Waals surface area contributed by atoms with E-state index in [-0.39, 0.29) is 52.7 Å². The van der Waals surface area contributed by atoms with Crippen LogP contribution in [0.25, 0.3) is 22.4 Å². The van der Waals surface area contributed by atoms with Crippen molar-refractivity contribution in [2.24, 2.45) is 5.41 Å². The van der Waals surface area contributed by atoms with E-state index in [1.807, 2.05) is 0 Å². The van der Waals surface area contributed by atoms with Crippen molar-refractivity contribution in [2.45, 2.75) is 117 Å². The van der Waals surface area contributed by atoms with Gasteiger partial charge >= 0.3 is 0 Å². The Kier molecular flexibility index (Phi) is 5.37. The van der Waals surface area contributed by atoms with E-state index in [1.165, 1.54) is 22.2 Å². The average molecular weight is 649 g/mol. The molecule has 0 saturated carbocycles. The van der Waals surface area contributed by atoms with E-state index >= 15 is 0 Å². The molecule has 0 amide bonds. The number of fused-ring (bicyclic) bond motifs is 6. The first-order chi connectivity index (χ1) is 15.3. The molecule has 0 unspecified atom stereocenters. The average Bonchev–Trinajstić information content (AvgIpc) is 3.13. The molecule has 3 aromatic rings. The minimum atomic E-state index is -0.170. The Morgan fingerprint density at radius 1 is 0.743 bits per heavy atom. The first kappa shape index (κ1) is 26.5. The summed E-state index contributed by atoms with van der Waals surface area (Å²) >= 11 is 0. The number of hydrogen-bond donors (Lipinski definition) is 0. The number of rotatable bonds is 0. The molecule has 3 heterocycles. The van der Waals surface area contributed by atoms with Gasteiger partial charge in [0.05, 0.1) is 16.9 Å². The van der Waals surface area contributed by atoms with E-state index < -0.39 is 0 Å². The molecule has 191 valence electrons. The Bertz CT molecular complexity index is 1360. The fourth-order valence-electron chi connectivity index (χ4n) is 6.42. The van der Waals surface area contributed by atoms with Gasteiger partial charge in [0.1, 0.15) is 0 Å². The molecule has 2 aliphatic rings. The molecule has 1 radical (unpaired) electrons. The van der Waals surface area contributed by atoms with Crippen molar-refractivity contribution in [3.8, 4) is 11.4 Å². The third-order valence-electron chi connectivity index (χ3n) is 10.9. The zero-order chi connectivity index (χ0) is 25.4. The van der Waals surface area contributed by atoms with Crippen molar-refractivity contribution in [3.63, 3.8) is 0 Å². The summed E-state index contributed by atoms with van der Waals surface area (Å²) in [6.07, 6.45) is 3.44. The number of nitrogens with zero attached hydrogens (tertiary/aromatic N) is 3. The zero-order valence-corrected chi connectivity index (χ0v) is 26.3. The fraction of sp³-hybridized carbons (Fsp3) is 0.613. The molecule has 5 rings (SSSR count). The van der Waals surface area contributed by atoms with Crippen LogP contribution in [0.5, 0.6) is 0 Å². The smallest absolute Gasteiger partial charge is 0.0774 e. The molecular weight excluding hydrogens is 607 g/mol. The predicted octanol–water partition coefficient (Wildman–Crippen LogP) is 7.81. The van der Waals surface area contributed by atoms with Gasteiger partial charge in [0.25, 0.3) is 0 Å². The van der Waals surface area contributed by atoms with Gasteiger partial charge in [-0.15, -0.1) is 11.6 Å². The van der Waals surface area contributed by atoms with E-state index in [4.69, 9.17) is 9.97 Å². The van der Waals surface area contributed by atoms with Crippen molar-refractivity contribution in [2.75, 3.05) is 0 Å². The summed E-state index contributed by atoms with van der Waals surface area (Å²) in [5.41, 5.74) is 8.60. The van der Waals surface area contributed by atoms with Gasteiger partial charge in [-0.3, -0.25) is 4.98 Å². The van der Waals surface area contributed by atoms with Crippen molar-refractivity contribution < 1.29 is 20.1 Å². The summed E-state index contributed by atoms with van der Waals surface area (Å²) in [6, 6.07) is 7.15. The number of benzene rings is 1. The van der Waals surface area contributed by atoms with Crippen molar-refractivity contribution >= 4 is 11.0 Å². The van der Waals surface area contributed by atoms with E-state index in [9.17, 15) is 0 Å². The van der Waals surface area contributed by atoms with Crippen molar-refractivity contribution in [1.29, 1.82) is 0 Å². The summed E-state index contributed by atoms with van der Waals surface area (Å²) in [6.45, 7) is 30.6. The molecule has 0 fully saturated rings. The number of imidazole rings is 1. The van der Waals surface area contributed by atoms with Crippen LogP contribution in [-0.4, -0.2) is 14.5 Å². The summed E-state index contributed by atoms with van der Waals surface area (Å²) in [5.74, 6) is 1.00. The van der Waals surface area contributed by atoms with Crippen LogP contribution in [0.4, 0.5) is 0 Å². The largest absolute Gasteiger partial charge is 0.359 e. The SMILES string of the molecule is CC(C)(C)c1cc2c([c-]n1)-c1nc3cc4c(cc3n1C(C)(C)C2(C)C)C(C)(C)C(C)(C)C4(C)C.[Ir]. The Balaban J connectivity index is 0.00000289. The molecule has 1 aliphatic carbocycles. The summed E-state index contributed by atoms with van der Waals surface area (Å²) in [5, 5.41) is 0. The van der Waals surface area contributed by atoms with Gasteiger partial charge in [0, 0.05) is 25.6 Å². The fourth-order valence-corrected chi connectivity index (χ4v) is 6.42. The molecule has 0 saturated heterocycles. The van der Waals surface area contributed by atoms with Gasteiger partial charge in [-0.2, -0.15) is 0 Å². The van der Waals surface area contributed by atoms with Gasteiger partial charge < -0.3 is 9.55 Å². The Labute approximate surface area is 225 Å². The molecule has 0 bridgehead atoms. The Morgan fingerprint density at radius 3 is 1.83 bits per heavy atom. The molecule has 2 aromatic heterocycles. The third kappa shape index (κ3) is 2.99. The molecular formula is C31H42IrN3-. The second-order valence-electron chi connectivity index (χ2n) is 14.5. The minimum absolute atomic E-state index is 0. The maximum absolute atomic E-state index is 5.28. The van der Waals surface area contributed by atoms with E-state index in [0.29, 0.717) is 0 Å². The van der Waals surface area contributed by atoms with Gasteiger partial charge in [-0.1, -0.05) is 81.7 Å². The minimum Gasteiger partial charge on any atom is -0.359 e. The molecule has 4 heteroatoms. The van der Waals surface area contributed by atoms with Gasteiger partial charge in [0.15, 0.2) is 0 Å². The normalized spacial score (nSPS) is 22.2. The number of aromatic nitrogens is 3. The topological polar surface area (TPSA) is 30.7 Å². The van der Waals surface area contributed by atoms with Gasteiger partial charge in [-0.25, -0.2) is 0 Å². The van der Waals surface area contributed by atoms with E-state index in [0.717, 1.165) is 22.6 Å². The molecule has 1 aromatic carbocycles. The predicted molar refractivity (Wildman–Crippen MR) is 143 cm³/mol. The van der Waals surface area contributed by atoms with Crippen LogP contribution < -0.4 is 0 Å². The first-order valence-corrected chi connectivity index (χ1v) is 12.8. The summed E-state index contributed by atoms with van der Waals surface area (Å²) < 4.78 is 2.48. The van der Waals surface area contributed by atoms with Crippen LogP contribution >= 0.6 is 0 Å². The molecule has 1 aliphatic heterocycles. The maximum Gasteiger partial charge on any atom is 0.0774 e. The monoisotopic (exact) mass is 649 g/mol. The van der Waals surface area contributed by atoms with Gasteiger partial charge in [0.2, 0.25) is 0 Å². The molecule has 35 heavy (non-hydrogen) atoms. The zero-order valence-electron chi connectivity index (χ0n) is 23.9. The van der Waals surface area contributed by atoms with Gasteiger partial charge in [-0.05, 0) is 76.1 Å². The van der Waals surface area contributed by atoms with Crippen molar-refractivity contribution in [3.05, 3.63) is 46.8 Å². The van der Waals surface area contributed by atoms with E-state index in [1.54, 1.807) is 0 Å².